The summed E-state index contributed by atoms with van der Waals surface area (Å²) in [7, 11) is 0. The number of esters is 1. The van der Waals surface area contributed by atoms with Crippen LogP contribution in [0.3, 0.4) is 0 Å². The zero-order valence-corrected chi connectivity index (χ0v) is 9.12. The van der Waals surface area contributed by atoms with E-state index in [-0.39, 0.29) is 5.97 Å². The molecule has 80 valence electrons. The predicted molar refractivity (Wildman–Crippen MR) is 59.1 cm³/mol. The van der Waals surface area contributed by atoms with Crippen LogP contribution in [0.4, 0.5) is 5.69 Å². The number of morpholine rings is 1. The fourth-order valence-electron chi connectivity index (χ4n) is 1.69. The molecule has 0 atom stereocenters. The van der Waals surface area contributed by atoms with Crippen LogP contribution < -0.4 is 4.90 Å². The number of aryl methyl sites for hydroxylation is 2. The van der Waals surface area contributed by atoms with Gasteiger partial charge in [0.25, 0.3) is 0 Å². The Kier molecular flexibility index (Phi) is 2.62. The highest BCUT2D eigenvalue weighted by molar-refractivity contribution is 5.77. The van der Waals surface area contributed by atoms with Crippen molar-refractivity contribution in [2.45, 2.75) is 13.8 Å². The van der Waals surface area contributed by atoms with Gasteiger partial charge in [0.2, 0.25) is 0 Å². The second-order valence-corrected chi connectivity index (χ2v) is 3.91. The van der Waals surface area contributed by atoms with E-state index in [1.807, 2.05) is 0 Å². The van der Waals surface area contributed by atoms with Gasteiger partial charge in [-0.3, -0.25) is 4.79 Å². The molecule has 0 saturated carbocycles. The molecule has 1 aromatic carbocycles. The standard InChI is InChI=1S/C12H15NO2/c1-9-3-4-11(7-10(9)2)13-5-6-15-12(14)8-13/h3-4,7H,5-6,8H2,1-2H3. The van der Waals surface area contributed by atoms with Crippen LogP contribution in [0.1, 0.15) is 11.1 Å². The van der Waals surface area contributed by atoms with E-state index < -0.39 is 0 Å². The highest BCUT2D eigenvalue weighted by Crippen LogP contribution is 2.19. The maximum Gasteiger partial charge on any atom is 0.325 e. The number of ether oxygens (including phenoxy) is 1. The number of hydrogen-bond acceptors (Lipinski definition) is 3. The Morgan fingerprint density at radius 3 is 2.73 bits per heavy atom. The van der Waals surface area contributed by atoms with Crippen LogP contribution in [0.5, 0.6) is 0 Å². The minimum atomic E-state index is -0.139. The van der Waals surface area contributed by atoms with Crippen molar-refractivity contribution in [2.75, 3.05) is 24.6 Å². The summed E-state index contributed by atoms with van der Waals surface area (Å²) in [6, 6.07) is 6.26. The van der Waals surface area contributed by atoms with Gasteiger partial charge in [0.15, 0.2) is 0 Å². The Balaban J connectivity index is 2.21. The molecule has 1 heterocycles. The number of benzene rings is 1. The normalized spacial score (nSPS) is 16.4. The lowest BCUT2D eigenvalue weighted by Gasteiger charge is -2.28. The van der Waals surface area contributed by atoms with Gasteiger partial charge in [-0.2, -0.15) is 0 Å². The first-order chi connectivity index (χ1) is 7.16. The first-order valence-corrected chi connectivity index (χ1v) is 5.14. The van der Waals surface area contributed by atoms with Crippen molar-refractivity contribution in [1.82, 2.24) is 0 Å². The lowest BCUT2D eigenvalue weighted by molar-refractivity contribution is -0.143. The Morgan fingerprint density at radius 1 is 1.27 bits per heavy atom. The third-order valence-corrected chi connectivity index (χ3v) is 2.80. The topological polar surface area (TPSA) is 29.5 Å². The molecule has 15 heavy (non-hydrogen) atoms. The average Bonchev–Trinajstić information content (AvgIpc) is 2.22. The second kappa shape index (κ2) is 3.93. The van der Waals surface area contributed by atoms with Crippen molar-refractivity contribution in [3.8, 4) is 0 Å². The van der Waals surface area contributed by atoms with Crippen LogP contribution in [0.25, 0.3) is 0 Å². The summed E-state index contributed by atoms with van der Waals surface area (Å²) in [6.45, 7) is 5.81. The lowest BCUT2D eigenvalue weighted by Crippen LogP contribution is -2.39. The number of nitrogens with zero attached hydrogens (tertiary/aromatic N) is 1. The first-order valence-electron chi connectivity index (χ1n) is 5.14. The summed E-state index contributed by atoms with van der Waals surface area (Å²) >= 11 is 0. The Hall–Kier alpha value is -1.51. The third kappa shape index (κ3) is 2.12. The van der Waals surface area contributed by atoms with Gasteiger partial charge in [0, 0.05) is 5.69 Å². The van der Waals surface area contributed by atoms with E-state index in [2.05, 4.69) is 36.9 Å². The summed E-state index contributed by atoms with van der Waals surface area (Å²) < 4.78 is 4.90. The van der Waals surface area contributed by atoms with Crippen LogP contribution in [-0.2, 0) is 9.53 Å². The smallest absolute Gasteiger partial charge is 0.325 e. The SMILES string of the molecule is Cc1ccc(N2CCOC(=O)C2)cc1C. The molecule has 0 aromatic heterocycles. The predicted octanol–water partition coefficient (Wildman–Crippen LogP) is 1.67. The fourth-order valence-corrected chi connectivity index (χ4v) is 1.69. The quantitative estimate of drug-likeness (QED) is 0.653. The van der Waals surface area contributed by atoms with Gasteiger partial charge >= 0.3 is 5.97 Å². The summed E-state index contributed by atoms with van der Waals surface area (Å²) in [5, 5.41) is 0. The van der Waals surface area contributed by atoms with Gasteiger partial charge in [-0.15, -0.1) is 0 Å². The molecule has 0 aliphatic carbocycles. The molecule has 1 aliphatic rings. The Morgan fingerprint density at radius 2 is 2.07 bits per heavy atom. The van der Waals surface area contributed by atoms with Crippen molar-refractivity contribution in [2.24, 2.45) is 0 Å². The highest BCUT2D eigenvalue weighted by Gasteiger charge is 2.18. The molecule has 1 aromatic rings. The molecule has 1 saturated heterocycles. The zero-order chi connectivity index (χ0) is 10.8. The molecule has 0 unspecified atom stereocenters. The van der Waals surface area contributed by atoms with Crippen LogP contribution >= 0.6 is 0 Å². The highest BCUT2D eigenvalue weighted by atomic mass is 16.5. The number of carbonyl (C=O) groups excluding carboxylic acids is 1. The Bertz CT molecular complexity index is 387. The molecule has 2 rings (SSSR count). The molecular formula is C12H15NO2. The molecule has 3 heteroatoms. The van der Waals surface area contributed by atoms with E-state index >= 15 is 0 Å². The van der Waals surface area contributed by atoms with Gasteiger partial charge in [-0.25, -0.2) is 0 Å². The minimum absolute atomic E-state index is 0.139. The lowest BCUT2D eigenvalue weighted by atomic mass is 10.1. The third-order valence-electron chi connectivity index (χ3n) is 2.80. The maximum atomic E-state index is 11.1. The van der Waals surface area contributed by atoms with Gasteiger partial charge in [-0.1, -0.05) is 6.07 Å². The second-order valence-electron chi connectivity index (χ2n) is 3.91. The van der Waals surface area contributed by atoms with E-state index in [1.165, 1.54) is 11.1 Å². The van der Waals surface area contributed by atoms with Crippen molar-refractivity contribution in [1.29, 1.82) is 0 Å². The molecule has 0 N–H and O–H groups in total. The molecule has 1 aliphatic heterocycles. The largest absolute Gasteiger partial charge is 0.462 e. The number of rotatable bonds is 1. The Labute approximate surface area is 89.7 Å². The maximum absolute atomic E-state index is 11.1. The van der Waals surface area contributed by atoms with E-state index in [1.54, 1.807) is 0 Å². The molecule has 1 fully saturated rings. The molecule has 0 amide bonds. The summed E-state index contributed by atoms with van der Waals surface area (Å²) in [5.41, 5.74) is 3.64. The van der Waals surface area contributed by atoms with E-state index in [9.17, 15) is 4.79 Å². The van der Waals surface area contributed by atoms with Crippen molar-refractivity contribution < 1.29 is 9.53 Å². The van der Waals surface area contributed by atoms with E-state index in [4.69, 9.17) is 4.74 Å². The summed E-state index contributed by atoms with van der Waals surface area (Å²) in [4.78, 5) is 13.2. The average molecular weight is 205 g/mol. The van der Waals surface area contributed by atoms with Crippen LogP contribution in [-0.4, -0.2) is 25.7 Å². The summed E-state index contributed by atoms with van der Waals surface area (Å²) in [6.07, 6.45) is 0. The van der Waals surface area contributed by atoms with Gasteiger partial charge in [0.1, 0.15) is 13.2 Å². The van der Waals surface area contributed by atoms with Crippen LogP contribution in [0, 0.1) is 13.8 Å². The van der Waals surface area contributed by atoms with Crippen LogP contribution in [0.15, 0.2) is 18.2 Å². The monoisotopic (exact) mass is 205 g/mol. The number of anilines is 1. The molecule has 0 bridgehead atoms. The number of hydrogen-bond donors (Lipinski definition) is 0. The first kappa shape index (κ1) is 10.0. The van der Waals surface area contributed by atoms with Crippen LogP contribution in [0.2, 0.25) is 0 Å². The number of cyclic esters (lactones) is 1. The van der Waals surface area contributed by atoms with E-state index in [0.29, 0.717) is 13.2 Å². The number of carbonyl (C=O) groups is 1. The molecule has 3 nitrogen and oxygen atoms in total. The zero-order valence-electron chi connectivity index (χ0n) is 9.12. The molecular weight excluding hydrogens is 190 g/mol. The van der Waals surface area contributed by atoms with Crippen molar-refractivity contribution in [3.05, 3.63) is 29.3 Å². The van der Waals surface area contributed by atoms with Gasteiger partial charge in [0.05, 0.1) is 6.54 Å². The summed E-state index contributed by atoms with van der Waals surface area (Å²) in [5.74, 6) is -0.139. The van der Waals surface area contributed by atoms with Gasteiger partial charge in [-0.05, 0) is 37.1 Å². The fraction of sp³-hybridized carbons (Fsp3) is 0.417. The molecule has 0 spiro atoms. The van der Waals surface area contributed by atoms with Crippen molar-refractivity contribution in [3.63, 3.8) is 0 Å². The van der Waals surface area contributed by atoms with E-state index in [0.717, 1.165) is 12.2 Å². The van der Waals surface area contributed by atoms with Gasteiger partial charge < -0.3 is 9.64 Å². The minimum Gasteiger partial charge on any atom is -0.462 e. The molecule has 0 radical (unpaired) electrons. The van der Waals surface area contributed by atoms with Crippen molar-refractivity contribution >= 4 is 11.7 Å².